The average molecular weight is 693 g/mol. The number of aliphatic hydroxyl groups is 2. The van der Waals surface area contributed by atoms with Crippen LogP contribution in [-0.2, 0) is 15.1 Å². The van der Waals surface area contributed by atoms with Gasteiger partial charge in [0, 0.05) is 36.9 Å². The number of quaternary nitrogens is 1. The quantitative estimate of drug-likeness (QED) is 0.0788. The molecule has 7 rings (SSSR count). The van der Waals surface area contributed by atoms with Crippen molar-refractivity contribution in [3.63, 3.8) is 0 Å². The van der Waals surface area contributed by atoms with Crippen LogP contribution in [-0.4, -0.2) is 84.3 Å². The zero-order valence-electron chi connectivity index (χ0n) is 30.1. The Kier molecular flexibility index (Phi) is 13.1. The van der Waals surface area contributed by atoms with Crippen molar-refractivity contribution >= 4 is 11.6 Å². The van der Waals surface area contributed by atoms with Gasteiger partial charge in [-0.05, 0) is 56.2 Å². The zero-order valence-corrected chi connectivity index (χ0v) is 30.1. The lowest BCUT2D eigenvalue weighted by molar-refractivity contribution is -0.946. The molecular formula is C41H62N3O6+. The van der Waals surface area contributed by atoms with Gasteiger partial charge in [-0.2, -0.15) is 0 Å². The highest BCUT2D eigenvalue weighted by atomic mass is 16.5. The zero-order chi connectivity index (χ0) is 34.8. The lowest BCUT2D eigenvalue weighted by Crippen LogP contribution is -2.64. The molecule has 4 fully saturated rings. The van der Waals surface area contributed by atoms with E-state index in [2.05, 4.69) is 22.8 Å². The minimum Gasteiger partial charge on any atom is -0.508 e. The van der Waals surface area contributed by atoms with Gasteiger partial charge in [-0.15, -0.1) is 0 Å². The number of amides is 1. The first kappa shape index (κ1) is 37.1. The Hall–Kier alpha value is -2.69. The van der Waals surface area contributed by atoms with Crippen LogP contribution >= 0.6 is 0 Å². The number of phenols is 1. The first-order valence-corrected chi connectivity index (χ1v) is 19.8. The van der Waals surface area contributed by atoms with E-state index in [1.54, 1.807) is 0 Å². The maximum atomic E-state index is 12.0. The van der Waals surface area contributed by atoms with Crippen LogP contribution in [0.2, 0.25) is 0 Å². The fourth-order valence-electron chi connectivity index (χ4n) is 9.27. The Morgan fingerprint density at radius 1 is 0.940 bits per heavy atom. The van der Waals surface area contributed by atoms with Gasteiger partial charge in [-0.3, -0.25) is 4.79 Å². The lowest BCUT2D eigenvalue weighted by atomic mass is 9.80. The third-order valence-corrected chi connectivity index (χ3v) is 12.3. The summed E-state index contributed by atoms with van der Waals surface area (Å²) in [7, 11) is 0. The van der Waals surface area contributed by atoms with Crippen LogP contribution in [0, 0.1) is 11.8 Å². The molecule has 0 aromatic heterocycles. The third-order valence-electron chi connectivity index (χ3n) is 12.3. The molecule has 3 saturated heterocycles. The number of ether oxygens (including phenoxy) is 2. The van der Waals surface area contributed by atoms with E-state index in [1.165, 1.54) is 113 Å². The van der Waals surface area contributed by atoms with E-state index in [0.29, 0.717) is 42.0 Å². The summed E-state index contributed by atoms with van der Waals surface area (Å²) in [5, 5.41) is 38.7. The smallest absolute Gasteiger partial charge is 0.262 e. The first-order valence-electron chi connectivity index (χ1n) is 19.8. The van der Waals surface area contributed by atoms with Crippen LogP contribution in [0.5, 0.6) is 11.5 Å². The van der Waals surface area contributed by atoms with Gasteiger partial charge < -0.3 is 39.9 Å². The molecule has 5 aliphatic rings. The highest BCUT2D eigenvalue weighted by Gasteiger charge is 2.48. The predicted molar refractivity (Wildman–Crippen MR) is 196 cm³/mol. The number of nitrogens with one attached hydrogen (secondary N) is 2. The maximum Gasteiger partial charge on any atom is 0.262 e. The molecule has 4 aliphatic heterocycles. The Morgan fingerprint density at radius 3 is 2.34 bits per heavy atom. The highest BCUT2D eigenvalue weighted by molar-refractivity contribution is 5.96. The van der Waals surface area contributed by atoms with Gasteiger partial charge in [0.25, 0.3) is 5.91 Å². The number of piperidine rings is 3. The molecule has 1 saturated carbocycles. The van der Waals surface area contributed by atoms with Gasteiger partial charge in [0.05, 0.1) is 38.0 Å². The van der Waals surface area contributed by atoms with Crippen molar-refractivity contribution in [3.8, 4) is 11.5 Å². The summed E-state index contributed by atoms with van der Waals surface area (Å²) in [6.07, 6.45) is 17.9. The molecule has 3 atom stereocenters. The molecule has 2 aromatic rings. The van der Waals surface area contributed by atoms with E-state index in [4.69, 9.17) is 9.47 Å². The van der Waals surface area contributed by atoms with Crippen molar-refractivity contribution in [2.24, 2.45) is 11.8 Å². The Labute approximate surface area is 299 Å². The molecule has 2 aromatic carbocycles. The highest BCUT2D eigenvalue weighted by Crippen LogP contribution is 2.43. The molecule has 1 aliphatic carbocycles. The van der Waals surface area contributed by atoms with E-state index < -0.39 is 11.7 Å². The second kappa shape index (κ2) is 17.7. The maximum absolute atomic E-state index is 12.0. The summed E-state index contributed by atoms with van der Waals surface area (Å²) in [6.45, 7) is 6.54. The van der Waals surface area contributed by atoms with E-state index in [1.807, 2.05) is 18.2 Å². The summed E-state index contributed by atoms with van der Waals surface area (Å²) in [5.41, 5.74) is 1.04. The van der Waals surface area contributed by atoms with E-state index in [9.17, 15) is 20.1 Å². The third kappa shape index (κ3) is 9.39. The second-order valence-corrected chi connectivity index (χ2v) is 15.8. The Balaban J connectivity index is 0.811. The molecule has 0 spiro atoms. The van der Waals surface area contributed by atoms with Gasteiger partial charge in [-0.25, -0.2) is 0 Å². The largest absolute Gasteiger partial charge is 0.508 e. The molecule has 9 heteroatoms. The molecular weight excluding hydrogens is 630 g/mol. The van der Waals surface area contributed by atoms with Crippen LogP contribution in [0.25, 0.3) is 0 Å². The molecule has 1 amide bonds. The predicted octanol–water partition coefficient (Wildman–Crippen LogP) is 6.56. The van der Waals surface area contributed by atoms with Crippen molar-refractivity contribution in [3.05, 3.63) is 53.6 Å². The second-order valence-electron chi connectivity index (χ2n) is 15.8. The number of unbranched alkanes of at least 4 members (excludes halogenated alkanes) is 8. The van der Waals surface area contributed by atoms with Crippen LogP contribution in [0.3, 0.4) is 0 Å². The number of phenolic OH excluding ortho intramolecular Hbond substituents is 1. The fourth-order valence-corrected chi connectivity index (χ4v) is 9.27. The lowest BCUT2D eigenvalue weighted by Gasteiger charge is -2.53. The molecule has 9 nitrogen and oxygen atoms in total. The minimum absolute atomic E-state index is 0.0123. The number of fused-ring (bicyclic) bond motifs is 4. The standard InChI is InChI=1S/C41H61N3O6/c45-34-25-35(40-36(26-34)43-39(47)29-49-40)37(46)27-42-21-13-6-4-2-1-3-5-7-14-22-44-23-19-31(20-24-44)38(28-44)50-30-41(48,33-17-11-12-18-33)32-15-9-8-10-16-32/h8-10,15-16,25-26,31,33,37-38,42,46,48H,1-7,11-14,17-24,27-30H2,(H-,43,45,47)/p+1/t31?,37-,38-,41+,44?/m0/s1. The number of rotatable bonds is 20. The minimum atomic E-state index is -0.872. The van der Waals surface area contributed by atoms with Crippen molar-refractivity contribution in [2.75, 3.05) is 57.8 Å². The summed E-state index contributed by atoms with van der Waals surface area (Å²) in [6, 6.07) is 13.2. The Bertz CT molecular complexity index is 1360. The number of nitrogens with zero attached hydrogens (tertiary/aromatic N) is 1. The molecule has 4 heterocycles. The number of aromatic hydroxyl groups is 1. The fraction of sp³-hybridized carbons (Fsp3) is 0.683. The summed E-state index contributed by atoms with van der Waals surface area (Å²) < 4.78 is 13.5. The van der Waals surface area contributed by atoms with Crippen LogP contribution in [0.15, 0.2) is 42.5 Å². The number of hydrogen-bond acceptors (Lipinski definition) is 7. The molecule has 0 unspecified atom stereocenters. The van der Waals surface area contributed by atoms with Crippen molar-refractivity contribution in [1.29, 1.82) is 0 Å². The molecule has 2 bridgehead atoms. The summed E-state index contributed by atoms with van der Waals surface area (Å²) in [4.78, 5) is 11.6. The number of carbonyl (C=O) groups is 1. The number of aliphatic hydroxyl groups excluding tert-OH is 1. The number of hydrogen-bond donors (Lipinski definition) is 5. The van der Waals surface area contributed by atoms with Gasteiger partial charge in [-0.1, -0.05) is 81.7 Å². The topological polar surface area (TPSA) is 120 Å². The average Bonchev–Trinajstić information content (AvgIpc) is 3.69. The molecule has 276 valence electrons. The van der Waals surface area contributed by atoms with Crippen LogP contribution in [0.1, 0.15) is 114 Å². The van der Waals surface area contributed by atoms with Gasteiger partial charge in [0.15, 0.2) is 6.61 Å². The summed E-state index contributed by atoms with van der Waals surface area (Å²) in [5.74, 6) is 1.09. The van der Waals surface area contributed by atoms with E-state index >= 15 is 0 Å². The van der Waals surface area contributed by atoms with E-state index in [0.717, 1.165) is 37.9 Å². The molecule has 0 radical (unpaired) electrons. The number of anilines is 1. The molecule has 5 N–H and O–H groups in total. The number of benzene rings is 2. The first-order chi connectivity index (χ1) is 24.4. The van der Waals surface area contributed by atoms with Crippen LogP contribution < -0.4 is 15.4 Å². The van der Waals surface area contributed by atoms with Gasteiger partial charge >= 0.3 is 0 Å². The number of carbonyl (C=O) groups excluding carboxylic acids is 1. The summed E-state index contributed by atoms with van der Waals surface area (Å²) >= 11 is 0. The van der Waals surface area contributed by atoms with Gasteiger partial charge in [0.1, 0.15) is 29.7 Å². The Morgan fingerprint density at radius 2 is 1.62 bits per heavy atom. The SMILES string of the molecule is O=C1COc2c(cc(O)cc2[C@@H](O)CNCCCCCCCCCCC[N+]23CCC(CC2)[C@@H](OC[C@@](O)(c2ccccc2)C2CCCC2)C3)N1. The van der Waals surface area contributed by atoms with Crippen LogP contribution in [0.4, 0.5) is 5.69 Å². The van der Waals surface area contributed by atoms with Gasteiger partial charge in [0.2, 0.25) is 0 Å². The van der Waals surface area contributed by atoms with Crippen molar-refractivity contribution in [1.82, 2.24) is 5.32 Å². The van der Waals surface area contributed by atoms with E-state index in [-0.39, 0.29) is 24.4 Å². The monoisotopic (exact) mass is 692 g/mol. The normalized spacial score (nSPS) is 25.1. The molecule has 50 heavy (non-hydrogen) atoms. The van der Waals surface area contributed by atoms with Crippen molar-refractivity contribution < 1.29 is 34.1 Å². The van der Waals surface area contributed by atoms with Crippen molar-refractivity contribution in [2.45, 2.75) is 114 Å².